The van der Waals surface area contributed by atoms with E-state index in [0.717, 1.165) is 11.8 Å². The van der Waals surface area contributed by atoms with E-state index >= 15 is 0 Å². The Morgan fingerprint density at radius 2 is 2.00 bits per heavy atom. The third-order valence-corrected chi connectivity index (χ3v) is 4.13. The Hall–Kier alpha value is -2.09. The topological polar surface area (TPSA) is 102 Å². The van der Waals surface area contributed by atoms with Crippen LogP contribution in [0, 0.1) is 0 Å². The van der Waals surface area contributed by atoms with Crippen LogP contribution in [-0.4, -0.2) is 38.1 Å². The lowest BCUT2D eigenvalue weighted by Gasteiger charge is -2.34. The zero-order chi connectivity index (χ0) is 14.8. The van der Waals surface area contributed by atoms with Crippen molar-refractivity contribution in [2.45, 2.75) is 18.0 Å². The molecule has 1 aromatic carbocycles. The number of hydrogen-bond donors (Lipinski definition) is 2. The fourth-order valence-corrected chi connectivity index (χ4v) is 2.76. The van der Waals surface area contributed by atoms with Crippen molar-refractivity contribution in [3.63, 3.8) is 0 Å². The number of β-lactam (4-membered cyclic amide) rings is 1. The molecule has 8 heteroatoms. The first-order valence-electron chi connectivity index (χ1n) is 5.84. The summed E-state index contributed by atoms with van der Waals surface area (Å²) in [6.45, 7) is 0.0462. The summed E-state index contributed by atoms with van der Waals surface area (Å²) in [6, 6.07) is 7.89. The molecule has 1 heterocycles. The second-order valence-electron chi connectivity index (χ2n) is 4.44. The molecule has 1 saturated heterocycles. The van der Waals surface area contributed by atoms with Crippen molar-refractivity contribution >= 4 is 21.8 Å². The lowest BCUT2D eigenvalue weighted by atomic mass is 10.1. The van der Waals surface area contributed by atoms with E-state index in [4.69, 9.17) is 4.74 Å². The van der Waals surface area contributed by atoms with Crippen LogP contribution in [-0.2, 0) is 26.0 Å². The van der Waals surface area contributed by atoms with Crippen LogP contribution in [0.3, 0.4) is 0 Å². The van der Waals surface area contributed by atoms with Crippen molar-refractivity contribution in [2.24, 2.45) is 0 Å². The van der Waals surface area contributed by atoms with Gasteiger partial charge in [-0.3, -0.25) is 4.79 Å². The van der Waals surface area contributed by atoms with Gasteiger partial charge in [0.15, 0.2) is 15.2 Å². The van der Waals surface area contributed by atoms with E-state index < -0.39 is 33.3 Å². The zero-order valence-corrected chi connectivity index (χ0v) is 11.5. The van der Waals surface area contributed by atoms with Gasteiger partial charge in [-0.1, -0.05) is 30.3 Å². The summed E-state index contributed by atoms with van der Waals surface area (Å²) >= 11 is 0. The first-order chi connectivity index (χ1) is 9.38. The van der Waals surface area contributed by atoms with Crippen LogP contribution in [0.1, 0.15) is 5.56 Å². The number of benzene rings is 1. The number of nitrogens with one attached hydrogen (secondary N) is 2. The second-order valence-corrected chi connectivity index (χ2v) is 6.61. The van der Waals surface area contributed by atoms with E-state index in [0.29, 0.717) is 0 Å². The lowest BCUT2D eigenvalue weighted by molar-refractivity contribution is -0.129. The fraction of sp³-hybridized carbons (Fsp3) is 0.333. The quantitative estimate of drug-likeness (QED) is 0.748. The van der Waals surface area contributed by atoms with Crippen LogP contribution < -0.4 is 10.6 Å². The number of hydrogen-bond acceptors (Lipinski definition) is 5. The van der Waals surface area contributed by atoms with Crippen molar-refractivity contribution < 1.29 is 22.7 Å². The van der Waals surface area contributed by atoms with E-state index in [2.05, 4.69) is 10.6 Å². The predicted octanol–water partition coefficient (Wildman–Crippen LogP) is -0.218. The number of alkyl carbamates (subject to hydrolysis) is 1. The molecule has 7 nitrogen and oxygen atoms in total. The van der Waals surface area contributed by atoms with Gasteiger partial charge in [0.05, 0.1) is 0 Å². The van der Waals surface area contributed by atoms with Crippen LogP contribution in [0.25, 0.3) is 0 Å². The highest BCUT2D eigenvalue weighted by molar-refractivity contribution is 7.91. The molecule has 1 aromatic rings. The van der Waals surface area contributed by atoms with Crippen molar-refractivity contribution in [1.29, 1.82) is 0 Å². The van der Waals surface area contributed by atoms with Crippen LogP contribution in [0.5, 0.6) is 0 Å². The minimum Gasteiger partial charge on any atom is -0.445 e. The minimum absolute atomic E-state index is 0.0462. The smallest absolute Gasteiger partial charge is 0.408 e. The summed E-state index contributed by atoms with van der Waals surface area (Å²) in [7, 11) is -3.46. The largest absolute Gasteiger partial charge is 0.445 e. The summed E-state index contributed by atoms with van der Waals surface area (Å²) in [5.74, 6) is -0.544. The van der Waals surface area contributed by atoms with E-state index in [-0.39, 0.29) is 6.61 Å². The third kappa shape index (κ3) is 3.27. The number of ether oxygens (including phenoxy) is 1. The Bertz CT molecular complexity index is 614. The normalized spacial score (nSPS) is 21.6. The molecule has 1 aliphatic rings. The molecular weight excluding hydrogens is 284 g/mol. The van der Waals surface area contributed by atoms with Gasteiger partial charge in [0, 0.05) is 6.26 Å². The Kier molecular flexibility index (Phi) is 3.93. The molecule has 0 aliphatic carbocycles. The van der Waals surface area contributed by atoms with E-state index in [1.165, 1.54) is 0 Å². The van der Waals surface area contributed by atoms with E-state index in [1.54, 1.807) is 24.3 Å². The molecule has 2 atom stereocenters. The van der Waals surface area contributed by atoms with Gasteiger partial charge in [-0.05, 0) is 5.56 Å². The van der Waals surface area contributed by atoms with Gasteiger partial charge in [0.1, 0.15) is 12.6 Å². The van der Waals surface area contributed by atoms with E-state index in [1.807, 2.05) is 6.07 Å². The molecule has 1 fully saturated rings. The SMILES string of the molecule is CS(=O)(=O)[C@H]1NC(=O)[C@H]1NC(=O)OCc1ccccc1. The fourth-order valence-electron chi connectivity index (χ4n) is 1.74. The molecule has 2 amide bonds. The molecule has 20 heavy (non-hydrogen) atoms. The highest BCUT2D eigenvalue weighted by atomic mass is 32.2. The molecule has 0 spiro atoms. The summed E-state index contributed by atoms with van der Waals surface area (Å²) < 4.78 is 27.6. The standard InChI is InChI=1S/C12H14N2O5S/c1-20(17,18)11-9(10(15)14-11)13-12(16)19-7-8-5-3-2-4-6-8/h2-6,9,11H,7H2,1H3,(H,13,16)(H,14,15)/t9-,11-/m1/s1. The molecule has 2 rings (SSSR count). The van der Waals surface area contributed by atoms with Gasteiger partial charge in [0.2, 0.25) is 5.91 Å². The van der Waals surface area contributed by atoms with Crippen molar-refractivity contribution in [2.75, 3.05) is 6.26 Å². The maximum absolute atomic E-state index is 11.5. The lowest BCUT2D eigenvalue weighted by Crippen LogP contribution is -2.71. The molecular formula is C12H14N2O5S. The number of carbonyl (C=O) groups is 2. The number of sulfone groups is 1. The molecule has 0 aromatic heterocycles. The monoisotopic (exact) mass is 298 g/mol. The highest BCUT2D eigenvalue weighted by Gasteiger charge is 2.46. The van der Waals surface area contributed by atoms with Crippen molar-refractivity contribution in [3.05, 3.63) is 35.9 Å². The average molecular weight is 298 g/mol. The highest BCUT2D eigenvalue weighted by Crippen LogP contribution is 2.12. The molecule has 0 unspecified atom stereocenters. The molecule has 0 saturated carbocycles. The Labute approximate surface area is 116 Å². The Morgan fingerprint density at radius 1 is 1.35 bits per heavy atom. The van der Waals surface area contributed by atoms with Gasteiger partial charge in [-0.2, -0.15) is 0 Å². The number of rotatable bonds is 4. The Balaban J connectivity index is 1.87. The van der Waals surface area contributed by atoms with Crippen LogP contribution in [0.15, 0.2) is 30.3 Å². The second kappa shape index (κ2) is 5.49. The van der Waals surface area contributed by atoms with Crippen molar-refractivity contribution in [3.8, 4) is 0 Å². The zero-order valence-electron chi connectivity index (χ0n) is 10.7. The summed E-state index contributed by atoms with van der Waals surface area (Å²) in [5, 5.41) is 3.36. The van der Waals surface area contributed by atoms with E-state index in [9.17, 15) is 18.0 Å². The summed E-state index contributed by atoms with van der Waals surface area (Å²) in [4.78, 5) is 22.8. The maximum Gasteiger partial charge on any atom is 0.408 e. The molecule has 108 valence electrons. The first-order valence-corrected chi connectivity index (χ1v) is 7.80. The van der Waals surface area contributed by atoms with Gasteiger partial charge in [0.25, 0.3) is 0 Å². The first kappa shape index (κ1) is 14.3. The minimum atomic E-state index is -3.46. The maximum atomic E-state index is 11.5. The van der Waals surface area contributed by atoms with Gasteiger partial charge in [-0.25, -0.2) is 13.2 Å². The van der Waals surface area contributed by atoms with Gasteiger partial charge >= 0.3 is 6.09 Å². The number of carbonyl (C=O) groups excluding carboxylic acids is 2. The Morgan fingerprint density at radius 3 is 2.55 bits per heavy atom. The number of amides is 2. The van der Waals surface area contributed by atoms with Gasteiger partial charge < -0.3 is 15.4 Å². The predicted molar refractivity (Wildman–Crippen MR) is 70.3 cm³/mol. The molecule has 0 bridgehead atoms. The molecule has 1 aliphatic heterocycles. The van der Waals surface area contributed by atoms with Crippen LogP contribution >= 0.6 is 0 Å². The molecule has 0 radical (unpaired) electrons. The van der Waals surface area contributed by atoms with Crippen molar-refractivity contribution in [1.82, 2.24) is 10.6 Å². The summed E-state index contributed by atoms with van der Waals surface area (Å²) in [5.41, 5.74) is 0.792. The average Bonchev–Trinajstić information content (AvgIpc) is 2.40. The molecule has 2 N–H and O–H groups in total. The van der Waals surface area contributed by atoms with Crippen LogP contribution in [0.2, 0.25) is 0 Å². The van der Waals surface area contributed by atoms with Gasteiger partial charge in [-0.15, -0.1) is 0 Å². The third-order valence-electron chi connectivity index (χ3n) is 2.82. The summed E-state index contributed by atoms with van der Waals surface area (Å²) in [6.07, 6.45) is 0.156. The van der Waals surface area contributed by atoms with Crippen LogP contribution in [0.4, 0.5) is 4.79 Å².